The van der Waals surface area contributed by atoms with Gasteiger partial charge in [0.1, 0.15) is 11.5 Å². The number of carbonyl (C=O) groups is 1. The molecule has 0 aliphatic carbocycles. The molecule has 0 saturated heterocycles. The summed E-state index contributed by atoms with van der Waals surface area (Å²) < 4.78 is 1.14. The van der Waals surface area contributed by atoms with Crippen molar-refractivity contribution in [2.75, 3.05) is 5.43 Å². The fourth-order valence-corrected chi connectivity index (χ4v) is 2.03. The van der Waals surface area contributed by atoms with Crippen molar-refractivity contribution in [1.29, 1.82) is 0 Å². The van der Waals surface area contributed by atoms with Crippen molar-refractivity contribution in [3.05, 3.63) is 70.5 Å². The third-order valence-corrected chi connectivity index (χ3v) is 3.05. The number of pyridine rings is 1. The van der Waals surface area contributed by atoms with Crippen LogP contribution in [0.1, 0.15) is 16.3 Å². The van der Waals surface area contributed by atoms with Gasteiger partial charge in [-0.25, -0.2) is 9.66 Å². The maximum atomic E-state index is 12.4. The Bertz CT molecular complexity index is 872. The molecule has 104 valence electrons. The summed E-state index contributed by atoms with van der Waals surface area (Å²) in [5, 5.41) is 0.449. The molecular formula is C15H12N4O2. The highest BCUT2D eigenvalue weighted by Gasteiger charge is 2.12. The predicted molar refractivity (Wildman–Crippen MR) is 78.7 cm³/mol. The van der Waals surface area contributed by atoms with Gasteiger partial charge in [0.25, 0.3) is 11.5 Å². The molecule has 3 rings (SSSR count). The molecule has 21 heavy (non-hydrogen) atoms. The van der Waals surface area contributed by atoms with Crippen molar-refractivity contribution in [2.24, 2.45) is 0 Å². The van der Waals surface area contributed by atoms with E-state index in [1.165, 1.54) is 6.20 Å². The monoisotopic (exact) mass is 280 g/mol. The van der Waals surface area contributed by atoms with E-state index in [4.69, 9.17) is 0 Å². The molecular weight excluding hydrogens is 268 g/mol. The summed E-state index contributed by atoms with van der Waals surface area (Å²) in [4.78, 5) is 32.8. The summed E-state index contributed by atoms with van der Waals surface area (Å²) in [6.07, 6.45) is 1.52. The average Bonchev–Trinajstić information content (AvgIpc) is 2.52. The molecule has 2 aromatic heterocycles. The van der Waals surface area contributed by atoms with E-state index in [2.05, 4.69) is 15.4 Å². The molecule has 0 atom stereocenters. The van der Waals surface area contributed by atoms with Gasteiger partial charge in [0.15, 0.2) is 0 Å². The number of amides is 1. The van der Waals surface area contributed by atoms with E-state index in [0.717, 1.165) is 4.68 Å². The second-order valence-corrected chi connectivity index (χ2v) is 4.47. The Morgan fingerprint density at radius 1 is 1.14 bits per heavy atom. The van der Waals surface area contributed by atoms with Crippen LogP contribution in [0.25, 0.3) is 10.9 Å². The third kappa shape index (κ3) is 2.38. The topological polar surface area (TPSA) is 76.9 Å². The number of carbonyl (C=O) groups excluding carboxylic acids is 1. The lowest BCUT2D eigenvalue weighted by atomic mass is 10.2. The van der Waals surface area contributed by atoms with E-state index in [1.54, 1.807) is 43.3 Å². The summed E-state index contributed by atoms with van der Waals surface area (Å²) in [7, 11) is 0. The van der Waals surface area contributed by atoms with Gasteiger partial charge in [0.05, 0.1) is 10.9 Å². The zero-order chi connectivity index (χ0) is 14.8. The maximum absolute atomic E-state index is 12.4. The third-order valence-electron chi connectivity index (χ3n) is 3.05. The standard InChI is InChI=1S/C15H12N4O2/c1-10-17-12-7-3-2-6-11(12)15(21)19(10)18-14(20)13-8-4-5-9-16-13/h2-9H,1H3,(H,18,20). The van der Waals surface area contributed by atoms with E-state index < -0.39 is 5.91 Å². The molecule has 0 unspecified atom stereocenters. The number of hydrogen-bond acceptors (Lipinski definition) is 4. The number of fused-ring (bicyclic) bond motifs is 1. The fourth-order valence-electron chi connectivity index (χ4n) is 2.03. The minimum absolute atomic E-state index is 0.233. The minimum Gasteiger partial charge on any atom is -0.267 e. The lowest BCUT2D eigenvalue weighted by molar-refractivity contribution is 0.100. The number of nitrogens with zero attached hydrogens (tertiary/aromatic N) is 3. The Kier molecular flexibility index (Phi) is 3.19. The number of aryl methyl sites for hydroxylation is 1. The molecule has 1 aromatic carbocycles. The minimum atomic E-state index is -0.460. The molecule has 0 spiro atoms. The first-order valence-corrected chi connectivity index (χ1v) is 6.37. The molecule has 1 amide bonds. The van der Waals surface area contributed by atoms with Crippen LogP contribution in [0.5, 0.6) is 0 Å². The van der Waals surface area contributed by atoms with Crippen molar-refractivity contribution in [3.63, 3.8) is 0 Å². The van der Waals surface area contributed by atoms with Crippen LogP contribution in [0, 0.1) is 6.92 Å². The first-order valence-electron chi connectivity index (χ1n) is 6.37. The number of benzene rings is 1. The first-order chi connectivity index (χ1) is 10.2. The molecule has 0 aliphatic heterocycles. The van der Waals surface area contributed by atoms with Crippen LogP contribution in [0.15, 0.2) is 53.5 Å². The Balaban J connectivity index is 2.05. The van der Waals surface area contributed by atoms with Gasteiger partial charge < -0.3 is 0 Å². The van der Waals surface area contributed by atoms with Crippen LogP contribution in [-0.4, -0.2) is 20.6 Å². The van der Waals surface area contributed by atoms with Gasteiger partial charge in [-0.1, -0.05) is 18.2 Å². The van der Waals surface area contributed by atoms with Crippen molar-refractivity contribution < 1.29 is 4.79 Å². The molecule has 6 heteroatoms. The highest BCUT2D eigenvalue weighted by atomic mass is 16.2. The average molecular weight is 280 g/mol. The van der Waals surface area contributed by atoms with E-state index in [0.29, 0.717) is 16.7 Å². The Morgan fingerprint density at radius 3 is 2.67 bits per heavy atom. The highest BCUT2D eigenvalue weighted by molar-refractivity contribution is 5.98. The van der Waals surface area contributed by atoms with Gasteiger partial charge in [-0.05, 0) is 31.2 Å². The zero-order valence-corrected chi connectivity index (χ0v) is 11.3. The SMILES string of the molecule is Cc1nc2ccccc2c(=O)n1NC(=O)c1ccccn1. The number of rotatable bonds is 2. The first kappa shape index (κ1) is 13.0. The van der Waals surface area contributed by atoms with Crippen LogP contribution in [-0.2, 0) is 0 Å². The second-order valence-electron chi connectivity index (χ2n) is 4.47. The van der Waals surface area contributed by atoms with Crippen molar-refractivity contribution in [2.45, 2.75) is 6.92 Å². The number of nitrogens with one attached hydrogen (secondary N) is 1. The van der Waals surface area contributed by atoms with Gasteiger partial charge in [-0.2, -0.15) is 0 Å². The van der Waals surface area contributed by atoms with E-state index in [-0.39, 0.29) is 11.3 Å². The van der Waals surface area contributed by atoms with Crippen molar-refractivity contribution in [1.82, 2.24) is 14.6 Å². The summed E-state index contributed by atoms with van der Waals surface area (Å²) in [6.45, 7) is 1.66. The Hall–Kier alpha value is -3.02. The zero-order valence-electron chi connectivity index (χ0n) is 11.3. The molecule has 0 fully saturated rings. The lowest BCUT2D eigenvalue weighted by Crippen LogP contribution is -2.35. The highest BCUT2D eigenvalue weighted by Crippen LogP contribution is 2.06. The molecule has 0 bridgehead atoms. The number of para-hydroxylation sites is 1. The lowest BCUT2D eigenvalue weighted by Gasteiger charge is -2.11. The van der Waals surface area contributed by atoms with Crippen LogP contribution in [0.4, 0.5) is 0 Å². The molecule has 0 saturated carbocycles. The van der Waals surface area contributed by atoms with E-state index >= 15 is 0 Å². The summed E-state index contributed by atoms with van der Waals surface area (Å²) >= 11 is 0. The largest absolute Gasteiger partial charge is 0.288 e. The number of aromatic nitrogens is 3. The van der Waals surface area contributed by atoms with Gasteiger partial charge in [0.2, 0.25) is 0 Å². The molecule has 0 aliphatic rings. The second kappa shape index (κ2) is 5.16. The van der Waals surface area contributed by atoms with Crippen molar-refractivity contribution >= 4 is 16.8 Å². The normalized spacial score (nSPS) is 10.5. The fraction of sp³-hybridized carbons (Fsp3) is 0.0667. The maximum Gasteiger partial charge on any atom is 0.288 e. The molecule has 0 radical (unpaired) electrons. The van der Waals surface area contributed by atoms with Crippen molar-refractivity contribution in [3.8, 4) is 0 Å². The van der Waals surface area contributed by atoms with Gasteiger partial charge in [0, 0.05) is 6.20 Å². The summed E-state index contributed by atoms with van der Waals surface area (Å²) in [5.74, 6) is -0.0548. The smallest absolute Gasteiger partial charge is 0.267 e. The molecule has 6 nitrogen and oxygen atoms in total. The van der Waals surface area contributed by atoms with E-state index in [1.807, 2.05) is 6.07 Å². The Labute approximate surface area is 120 Å². The van der Waals surface area contributed by atoms with Crippen LogP contribution >= 0.6 is 0 Å². The van der Waals surface area contributed by atoms with Gasteiger partial charge in [-0.3, -0.25) is 20.0 Å². The van der Waals surface area contributed by atoms with Gasteiger partial charge >= 0.3 is 0 Å². The number of hydrogen-bond donors (Lipinski definition) is 1. The summed E-state index contributed by atoms with van der Waals surface area (Å²) in [6, 6.07) is 12.0. The van der Waals surface area contributed by atoms with E-state index in [9.17, 15) is 9.59 Å². The van der Waals surface area contributed by atoms with Crippen LogP contribution < -0.4 is 11.0 Å². The van der Waals surface area contributed by atoms with Crippen LogP contribution in [0.2, 0.25) is 0 Å². The molecule has 1 N–H and O–H groups in total. The van der Waals surface area contributed by atoms with Crippen LogP contribution in [0.3, 0.4) is 0 Å². The predicted octanol–water partition coefficient (Wildman–Crippen LogP) is 1.48. The molecule has 3 aromatic rings. The molecule has 2 heterocycles. The Morgan fingerprint density at radius 2 is 1.90 bits per heavy atom. The quantitative estimate of drug-likeness (QED) is 0.771. The summed E-state index contributed by atoms with van der Waals surface area (Å²) in [5.41, 5.74) is 3.04. The van der Waals surface area contributed by atoms with Gasteiger partial charge in [-0.15, -0.1) is 0 Å².